The number of thiazole rings is 1. The average Bonchev–Trinajstić information content (AvgIpc) is 3.01. The summed E-state index contributed by atoms with van der Waals surface area (Å²) in [6.45, 7) is 5.97. The molecule has 132 valence electrons. The largest absolute Gasteiger partial charge is 0.444 e. The SMILES string of the molecule is CC(C)(C)NC(=O)OCc1cnc(-c2ccc(C#CCCO)cc2)s1. The topological polar surface area (TPSA) is 71.5 Å². The summed E-state index contributed by atoms with van der Waals surface area (Å²) in [6, 6.07) is 7.76. The second-order valence-corrected chi connectivity index (χ2v) is 7.55. The molecule has 2 rings (SSSR count). The smallest absolute Gasteiger partial charge is 0.407 e. The van der Waals surface area contributed by atoms with Crippen LogP contribution in [0.5, 0.6) is 0 Å². The fraction of sp³-hybridized carbons (Fsp3) is 0.368. The number of amides is 1. The zero-order valence-corrected chi connectivity index (χ0v) is 15.4. The molecule has 2 aromatic rings. The lowest BCUT2D eigenvalue weighted by Gasteiger charge is -2.19. The van der Waals surface area contributed by atoms with Crippen LogP contribution in [0.1, 0.15) is 37.6 Å². The van der Waals surface area contributed by atoms with E-state index in [1.165, 1.54) is 11.3 Å². The van der Waals surface area contributed by atoms with E-state index in [9.17, 15) is 4.79 Å². The molecule has 5 nitrogen and oxygen atoms in total. The molecular weight excluding hydrogens is 336 g/mol. The molecule has 0 spiro atoms. The monoisotopic (exact) mass is 358 g/mol. The summed E-state index contributed by atoms with van der Waals surface area (Å²) in [5.74, 6) is 5.88. The average molecular weight is 358 g/mol. The quantitative estimate of drug-likeness (QED) is 0.820. The van der Waals surface area contributed by atoms with Crippen molar-refractivity contribution in [2.75, 3.05) is 6.61 Å². The van der Waals surface area contributed by atoms with Gasteiger partial charge in [-0.25, -0.2) is 9.78 Å². The number of carbonyl (C=O) groups excluding carboxylic acids is 1. The van der Waals surface area contributed by atoms with Crippen LogP contribution in [-0.4, -0.2) is 28.3 Å². The predicted octanol–water partition coefficient (Wildman–Crippen LogP) is 3.57. The molecule has 2 N–H and O–H groups in total. The highest BCUT2D eigenvalue weighted by molar-refractivity contribution is 7.15. The van der Waals surface area contributed by atoms with Gasteiger partial charge in [0.2, 0.25) is 0 Å². The molecule has 0 unspecified atom stereocenters. The van der Waals surface area contributed by atoms with Crippen LogP contribution in [0.4, 0.5) is 4.79 Å². The Hall–Kier alpha value is -2.36. The van der Waals surface area contributed by atoms with Gasteiger partial charge in [-0.3, -0.25) is 0 Å². The molecule has 0 saturated carbocycles. The van der Waals surface area contributed by atoms with Gasteiger partial charge in [-0.1, -0.05) is 24.0 Å². The van der Waals surface area contributed by atoms with E-state index in [1.54, 1.807) is 6.20 Å². The van der Waals surface area contributed by atoms with E-state index in [1.807, 2.05) is 45.0 Å². The van der Waals surface area contributed by atoms with Crippen molar-refractivity contribution in [3.05, 3.63) is 40.9 Å². The Morgan fingerprint density at radius 2 is 2.04 bits per heavy atom. The fourth-order valence-electron chi connectivity index (χ4n) is 1.90. The first-order chi connectivity index (χ1) is 11.9. The van der Waals surface area contributed by atoms with E-state index in [4.69, 9.17) is 9.84 Å². The summed E-state index contributed by atoms with van der Waals surface area (Å²) in [5.41, 5.74) is 1.57. The van der Waals surface area contributed by atoms with Crippen molar-refractivity contribution in [3.63, 3.8) is 0 Å². The van der Waals surface area contributed by atoms with Gasteiger partial charge in [-0.2, -0.15) is 0 Å². The molecule has 25 heavy (non-hydrogen) atoms. The van der Waals surface area contributed by atoms with Crippen LogP contribution >= 0.6 is 11.3 Å². The third-order valence-electron chi connectivity index (χ3n) is 2.98. The van der Waals surface area contributed by atoms with Gasteiger partial charge in [0.05, 0.1) is 11.5 Å². The molecule has 0 aliphatic carbocycles. The molecule has 6 heteroatoms. The molecule has 1 aromatic carbocycles. The lowest BCUT2D eigenvalue weighted by molar-refractivity contribution is 0.132. The highest BCUT2D eigenvalue weighted by Crippen LogP contribution is 2.25. The number of benzene rings is 1. The van der Waals surface area contributed by atoms with Crippen LogP contribution in [-0.2, 0) is 11.3 Å². The second-order valence-electron chi connectivity index (χ2n) is 6.44. The zero-order chi connectivity index (χ0) is 18.3. The molecule has 0 bridgehead atoms. The van der Waals surface area contributed by atoms with Crippen molar-refractivity contribution < 1.29 is 14.6 Å². The lowest BCUT2D eigenvalue weighted by atomic mass is 10.1. The van der Waals surface area contributed by atoms with Crippen LogP contribution in [0.3, 0.4) is 0 Å². The Kier molecular flexibility index (Phi) is 6.57. The first-order valence-electron chi connectivity index (χ1n) is 7.97. The number of aliphatic hydroxyl groups excluding tert-OH is 1. The van der Waals surface area contributed by atoms with Crippen LogP contribution in [0, 0.1) is 11.8 Å². The van der Waals surface area contributed by atoms with Crippen molar-refractivity contribution in [2.45, 2.75) is 39.3 Å². The summed E-state index contributed by atoms with van der Waals surface area (Å²) in [4.78, 5) is 16.9. The molecule has 0 fully saturated rings. The maximum Gasteiger partial charge on any atom is 0.407 e. The van der Waals surface area contributed by atoms with E-state index in [-0.39, 0.29) is 18.8 Å². The van der Waals surface area contributed by atoms with Crippen LogP contribution < -0.4 is 5.32 Å². The minimum absolute atomic E-state index is 0.0722. The highest BCUT2D eigenvalue weighted by atomic mass is 32.1. The maximum atomic E-state index is 11.7. The minimum Gasteiger partial charge on any atom is -0.444 e. The fourth-order valence-corrected chi connectivity index (χ4v) is 2.73. The van der Waals surface area contributed by atoms with Crippen LogP contribution in [0.15, 0.2) is 30.5 Å². The van der Waals surface area contributed by atoms with Gasteiger partial charge in [0.15, 0.2) is 0 Å². The number of aliphatic hydroxyl groups is 1. The van der Waals surface area contributed by atoms with E-state index < -0.39 is 6.09 Å². The van der Waals surface area contributed by atoms with Gasteiger partial charge in [0.1, 0.15) is 11.6 Å². The molecule has 1 amide bonds. The number of alkyl carbamates (subject to hydrolysis) is 1. The molecule has 0 aliphatic rings. The summed E-state index contributed by atoms with van der Waals surface area (Å²) >= 11 is 1.49. The van der Waals surface area contributed by atoms with Crippen molar-refractivity contribution in [1.29, 1.82) is 0 Å². The molecule has 0 saturated heterocycles. The summed E-state index contributed by atoms with van der Waals surface area (Å²) in [5, 5.41) is 12.3. The summed E-state index contributed by atoms with van der Waals surface area (Å²) in [6.07, 6.45) is 1.76. The second kappa shape index (κ2) is 8.65. The number of aromatic nitrogens is 1. The van der Waals surface area contributed by atoms with Gasteiger partial charge >= 0.3 is 6.09 Å². The first kappa shape index (κ1) is 19.0. The third kappa shape index (κ3) is 6.57. The number of ether oxygens (including phenoxy) is 1. The number of nitrogens with one attached hydrogen (secondary N) is 1. The Morgan fingerprint density at radius 3 is 2.68 bits per heavy atom. The Labute approximate surface area is 152 Å². The van der Waals surface area contributed by atoms with Crippen molar-refractivity contribution in [3.8, 4) is 22.4 Å². The van der Waals surface area contributed by atoms with Gasteiger partial charge in [-0.05, 0) is 32.9 Å². The maximum absolute atomic E-state index is 11.7. The number of hydrogen-bond acceptors (Lipinski definition) is 5. The van der Waals surface area contributed by atoms with E-state index in [2.05, 4.69) is 22.1 Å². The van der Waals surface area contributed by atoms with Crippen molar-refractivity contribution in [2.24, 2.45) is 0 Å². The molecule has 0 atom stereocenters. The zero-order valence-electron chi connectivity index (χ0n) is 14.6. The number of carbonyl (C=O) groups is 1. The van der Waals surface area contributed by atoms with Gasteiger partial charge in [-0.15, -0.1) is 11.3 Å². The summed E-state index contributed by atoms with van der Waals surface area (Å²) < 4.78 is 5.21. The van der Waals surface area contributed by atoms with E-state index in [0.717, 1.165) is 21.0 Å². The van der Waals surface area contributed by atoms with Crippen molar-refractivity contribution in [1.82, 2.24) is 10.3 Å². The minimum atomic E-state index is -0.437. The normalized spacial score (nSPS) is 10.7. The Morgan fingerprint density at radius 1 is 1.32 bits per heavy atom. The van der Waals surface area contributed by atoms with Crippen molar-refractivity contribution >= 4 is 17.4 Å². The molecule has 0 radical (unpaired) electrons. The predicted molar refractivity (Wildman–Crippen MR) is 99.2 cm³/mol. The third-order valence-corrected chi connectivity index (χ3v) is 4.00. The first-order valence-corrected chi connectivity index (χ1v) is 8.79. The van der Waals surface area contributed by atoms with E-state index in [0.29, 0.717) is 6.42 Å². The summed E-state index contributed by atoms with van der Waals surface area (Å²) in [7, 11) is 0. The Balaban J connectivity index is 1.95. The number of hydrogen-bond donors (Lipinski definition) is 2. The molecule has 1 heterocycles. The van der Waals surface area contributed by atoms with Gasteiger partial charge in [0.25, 0.3) is 0 Å². The number of nitrogens with zero attached hydrogens (tertiary/aromatic N) is 1. The van der Waals surface area contributed by atoms with Crippen LogP contribution in [0.2, 0.25) is 0 Å². The van der Waals surface area contributed by atoms with E-state index >= 15 is 0 Å². The number of rotatable bonds is 4. The molecule has 1 aromatic heterocycles. The standard InChI is InChI=1S/C19H22N2O3S/c1-19(2,3)21-18(23)24-13-16-12-20-17(25-16)15-9-7-14(8-10-15)6-4-5-11-22/h7-10,12,22H,5,11,13H2,1-3H3,(H,21,23). The van der Waals surface area contributed by atoms with Gasteiger partial charge in [0, 0.05) is 29.3 Å². The van der Waals surface area contributed by atoms with Gasteiger partial charge < -0.3 is 15.2 Å². The molecule has 0 aliphatic heterocycles. The highest BCUT2D eigenvalue weighted by Gasteiger charge is 2.15. The lowest BCUT2D eigenvalue weighted by Crippen LogP contribution is -2.40. The Bertz CT molecular complexity index is 764. The van der Waals surface area contributed by atoms with Crippen LogP contribution in [0.25, 0.3) is 10.6 Å². The molecular formula is C19H22N2O3S.